The first-order valence-corrected chi connectivity index (χ1v) is 8.68. The standard InChI is InChI=1S/C18H31N/c1-4-7-14-11-13(6-3)16-9-10-17-15(8-5-2)12-18(14)19(16)17/h5,13-18H,2,4,6-12H2,1,3H3/p+1/t13-,14-,15+,16+,17+,18-/m0/s1/i/hD. The number of allylic oxidation sites excluding steroid dienone is 1. The van der Waals surface area contributed by atoms with E-state index in [-0.39, 0.29) is 0 Å². The van der Waals surface area contributed by atoms with E-state index in [2.05, 4.69) is 26.5 Å². The van der Waals surface area contributed by atoms with Crippen LogP contribution in [-0.4, -0.2) is 18.1 Å². The third-order valence-electron chi connectivity index (χ3n) is 6.34. The van der Waals surface area contributed by atoms with Crippen molar-refractivity contribution < 1.29 is 6.30 Å². The van der Waals surface area contributed by atoms with Crippen molar-refractivity contribution in [3.05, 3.63) is 12.7 Å². The van der Waals surface area contributed by atoms with Crippen LogP contribution < -0.4 is 4.89 Å². The smallest absolute Gasteiger partial charge is 0.327 e. The van der Waals surface area contributed by atoms with Gasteiger partial charge in [-0.1, -0.05) is 26.3 Å². The van der Waals surface area contributed by atoms with E-state index in [1.54, 1.807) is 0 Å². The molecule has 3 fully saturated rings. The van der Waals surface area contributed by atoms with Gasteiger partial charge in [0.1, 0.15) is 0 Å². The van der Waals surface area contributed by atoms with Crippen molar-refractivity contribution in [2.24, 2.45) is 17.8 Å². The summed E-state index contributed by atoms with van der Waals surface area (Å²) in [6.07, 6.45) is 12.5. The number of hydrogen-bond acceptors (Lipinski definition) is 0. The maximum absolute atomic E-state index is 9.37. The fourth-order valence-corrected chi connectivity index (χ4v) is 5.65. The zero-order valence-corrected chi connectivity index (χ0v) is 12.9. The van der Waals surface area contributed by atoms with Crippen molar-refractivity contribution in [2.75, 3.05) is 0 Å². The highest BCUT2D eigenvalue weighted by Gasteiger charge is 2.58. The van der Waals surface area contributed by atoms with Crippen LogP contribution in [-0.2, 0) is 0 Å². The summed E-state index contributed by atoms with van der Waals surface area (Å²) in [6.45, 7) is 8.64. The maximum atomic E-state index is 9.37. The summed E-state index contributed by atoms with van der Waals surface area (Å²) in [4.78, 5) is 0.710. The number of nitrogens with one attached hydrogen (secondary N) is 1. The minimum Gasteiger partial charge on any atom is -0.327 e. The molecule has 0 radical (unpaired) electrons. The molecule has 3 aliphatic heterocycles. The molecule has 1 unspecified atom stereocenters. The molecule has 1 heteroatoms. The Kier molecular flexibility index (Phi) is 3.66. The first-order valence-electron chi connectivity index (χ1n) is 9.13. The second-order valence-corrected chi connectivity index (χ2v) is 7.20. The van der Waals surface area contributed by atoms with Crippen LogP contribution in [0.5, 0.6) is 0 Å². The van der Waals surface area contributed by atoms with Gasteiger partial charge in [-0.3, -0.25) is 0 Å². The molecule has 7 atom stereocenters. The van der Waals surface area contributed by atoms with Gasteiger partial charge < -0.3 is 4.89 Å². The molecule has 0 bridgehead atoms. The van der Waals surface area contributed by atoms with Gasteiger partial charge in [0.2, 0.25) is 0 Å². The molecule has 1 N–H and O–H groups in total. The molecule has 3 heterocycles. The molecule has 0 saturated carbocycles. The lowest BCUT2D eigenvalue weighted by Gasteiger charge is -2.43. The molecule has 3 aliphatic rings. The van der Waals surface area contributed by atoms with E-state index < -0.39 is 0 Å². The average Bonchev–Trinajstić information content (AvgIpc) is 2.92. The van der Waals surface area contributed by atoms with Crippen LogP contribution in [0.1, 0.15) is 65.2 Å². The molecule has 0 aromatic carbocycles. The van der Waals surface area contributed by atoms with Gasteiger partial charge >= 0.3 is 1.41 Å². The van der Waals surface area contributed by atoms with E-state index in [1.165, 1.54) is 44.9 Å². The fraction of sp³-hybridized carbons (Fsp3) is 0.889. The highest BCUT2D eigenvalue weighted by atomic mass is 15.3. The van der Waals surface area contributed by atoms with Crippen LogP contribution >= 0.6 is 0 Å². The van der Waals surface area contributed by atoms with Gasteiger partial charge in [-0.15, -0.1) is 6.58 Å². The maximum Gasteiger partial charge on any atom is 0.348 e. The number of piperidine rings is 1. The third kappa shape index (κ3) is 2.18. The van der Waals surface area contributed by atoms with E-state index in [4.69, 9.17) is 0 Å². The van der Waals surface area contributed by atoms with Gasteiger partial charge in [0.25, 0.3) is 0 Å². The van der Waals surface area contributed by atoms with Crippen LogP contribution in [0.2, 0.25) is 1.41 Å². The SMILES string of the molecule is [2H][N+]12[C@@H]3CC[C@@H]1[C@@H](CC)C[C@H](CCC)[C@@H]2C[C@H]3CC=C. The van der Waals surface area contributed by atoms with Gasteiger partial charge in [-0.05, 0) is 25.7 Å². The summed E-state index contributed by atoms with van der Waals surface area (Å²) >= 11 is 0. The Morgan fingerprint density at radius 3 is 2.47 bits per heavy atom. The molecular formula is C18H32N+. The molecule has 3 saturated heterocycles. The fourth-order valence-electron chi connectivity index (χ4n) is 5.65. The number of rotatable bonds is 5. The number of hydrogen-bond donors (Lipinski definition) is 1. The van der Waals surface area contributed by atoms with Crippen LogP contribution in [0, 0.1) is 17.8 Å². The first kappa shape index (κ1) is 12.4. The van der Waals surface area contributed by atoms with E-state index in [1.807, 2.05) is 0 Å². The van der Waals surface area contributed by atoms with Gasteiger partial charge in [0.05, 0.1) is 18.1 Å². The third-order valence-corrected chi connectivity index (χ3v) is 6.34. The van der Waals surface area contributed by atoms with Crippen molar-refractivity contribution >= 4 is 0 Å². The Morgan fingerprint density at radius 1 is 1.11 bits per heavy atom. The highest BCUT2D eigenvalue weighted by Crippen LogP contribution is 2.40. The second kappa shape index (κ2) is 5.60. The lowest BCUT2D eigenvalue weighted by atomic mass is 9.74. The molecule has 0 aliphatic carbocycles. The highest BCUT2D eigenvalue weighted by molar-refractivity contribution is 4.96. The molecule has 0 aromatic rings. The molecule has 19 heavy (non-hydrogen) atoms. The summed E-state index contributed by atoms with van der Waals surface area (Å²) in [5.74, 6) is 2.37. The van der Waals surface area contributed by atoms with Gasteiger partial charge in [-0.25, -0.2) is 0 Å². The van der Waals surface area contributed by atoms with E-state index in [9.17, 15) is 1.41 Å². The average molecular weight is 263 g/mol. The van der Waals surface area contributed by atoms with E-state index in [0.29, 0.717) is 23.0 Å². The molecule has 108 valence electrons. The molecule has 3 rings (SSSR count). The summed E-state index contributed by atoms with van der Waals surface area (Å²) in [5.41, 5.74) is 0. The van der Waals surface area contributed by atoms with E-state index in [0.717, 1.165) is 24.2 Å². The number of quaternary nitrogens is 1. The molecule has 0 amide bonds. The van der Waals surface area contributed by atoms with Crippen LogP contribution in [0.15, 0.2) is 12.7 Å². The quantitative estimate of drug-likeness (QED) is 0.727. The molecule has 1 nitrogen and oxygen atoms in total. The Labute approximate surface area is 120 Å². The van der Waals surface area contributed by atoms with Crippen molar-refractivity contribution in [2.45, 2.75) is 83.3 Å². The van der Waals surface area contributed by atoms with Crippen molar-refractivity contribution in [1.82, 2.24) is 0 Å². The Morgan fingerprint density at radius 2 is 1.84 bits per heavy atom. The Hall–Kier alpha value is -0.300. The second-order valence-electron chi connectivity index (χ2n) is 7.20. The predicted molar refractivity (Wildman–Crippen MR) is 81.3 cm³/mol. The topological polar surface area (TPSA) is 4.44 Å². The minimum absolute atomic E-state index is 0.622. The largest absolute Gasteiger partial charge is 0.348 e. The van der Waals surface area contributed by atoms with Gasteiger partial charge in [0.15, 0.2) is 0 Å². The van der Waals surface area contributed by atoms with Crippen molar-refractivity contribution in [1.29, 1.82) is 0 Å². The predicted octanol–water partition coefficient (Wildman–Crippen LogP) is 3.21. The van der Waals surface area contributed by atoms with Gasteiger partial charge in [-0.2, -0.15) is 0 Å². The lowest BCUT2D eigenvalue weighted by molar-refractivity contribution is -0.961. The molecular weight excluding hydrogens is 230 g/mol. The summed E-state index contributed by atoms with van der Waals surface area (Å²) in [6, 6.07) is 1.91. The van der Waals surface area contributed by atoms with E-state index >= 15 is 0 Å². The minimum atomic E-state index is 0.622. The lowest BCUT2D eigenvalue weighted by Crippen LogP contribution is -3.20. The summed E-state index contributed by atoms with van der Waals surface area (Å²) in [5, 5.41) is 0. The monoisotopic (exact) mass is 263 g/mol. The zero-order valence-electron chi connectivity index (χ0n) is 13.9. The van der Waals surface area contributed by atoms with Gasteiger partial charge in [0, 0.05) is 37.0 Å². The summed E-state index contributed by atoms with van der Waals surface area (Å²) < 4.78 is 9.37. The zero-order chi connectivity index (χ0) is 14.3. The molecule has 0 aromatic heterocycles. The Balaban J connectivity index is 1.92. The summed E-state index contributed by atoms with van der Waals surface area (Å²) in [7, 11) is 0. The first-order chi connectivity index (χ1) is 9.66. The normalized spacial score (nSPS) is 52.8. The van der Waals surface area contributed by atoms with Crippen LogP contribution in [0.25, 0.3) is 0 Å². The Bertz CT molecular complexity index is 368. The van der Waals surface area contributed by atoms with Crippen LogP contribution in [0.3, 0.4) is 0 Å². The van der Waals surface area contributed by atoms with Crippen molar-refractivity contribution in [3.8, 4) is 0 Å². The van der Waals surface area contributed by atoms with Crippen LogP contribution in [0.4, 0.5) is 0 Å². The van der Waals surface area contributed by atoms with Crippen molar-refractivity contribution in [3.63, 3.8) is 0 Å². The molecule has 0 spiro atoms.